The zero-order valence-electron chi connectivity index (χ0n) is 15.3. The minimum Gasteiger partial charge on any atom is -0.461 e. The van der Waals surface area contributed by atoms with Gasteiger partial charge in [-0.25, -0.2) is 5.01 Å². The van der Waals surface area contributed by atoms with Gasteiger partial charge in [-0.1, -0.05) is 70.0 Å². The van der Waals surface area contributed by atoms with Gasteiger partial charge in [-0.2, -0.15) is 5.10 Å². The number of rotatable bonds is 3. The van der Waals surface area contributed by atoms with Crippen LogP contribution in [0.15, 0.2) is 82.4 Å². The predicted octanol–water partition coefficient (Wildman–Crippen LogP) is 5.86. The topological polar surface area (TPSA) is 41.9 Å². The summed E-state index contributed by atoms with van der Waals surface area (Å²) < 4.78 is 7.11. The molecule has 0 saturated heterocycles. The number of carbonyl (C=O) groups is 1. The molecule has 3 aromatic carbocycles. The summed E-state index contributed by atoms with van der Waals surface area (Å²) in [5, 5.41) is 7.29. The van der Waals surface area contributed by atoms with Crippen LogP contribution in [0.2, 0.25) is 5.02 Å². The Morgan fingerprint density at radius 3 is 2.59 bits per heavy atom. The van der Waals surface area contributed by atoms with Gasteiger partial charge >= 0.3 is 0 Å². The van der Waals surface area contributed by atoms with Gasteiger partial charge in [0.2, 0.25) is 5.78 Å². The van der Waals surface area contributed by atoms with E-state index in [9.17, 15) is 4.79 Å². The van der Waals surface area contributed by atoms with Crippen LogP contribution in [0.3, 0.4) is 0 Å². The smallest absolute Gasteiger partial charge is 0.251 e. The monoisotopic (exact) mass is 466 g/mol. The van der Waals surface area contributed by atoms with E-state index < -0.39 is 6.23 Å². The molecule has 6 heteroatoms. The maximum absolute atomic E-state index is 13.2. The Hall–Kier alpha value is -2.63. The second-order valence-corrected chi connectivity index (χ2v) is 8.39. The molecular formula is C23H16BrClN2O2. The van der Waals surface area contributed by atoms with Gasteiger partial charge in [-0.05, 0) is 35.9 Å². The van der Waals surface area contributed by atoms with Crippen LogP contribution in [0.25, 0.3) is 0 Å². The number of ether oxygens (including phenoxy) is 1. The summed E-state index contributed by atoms with van der Waals surface area (Å²) in [4.78, 5) is 13.2. The van der Waals surface area contributed by atoms with Crippen LogP contribution >= 0.6 is 27.5 Å². The highest BCUT2D eigenvalue weighted by Gasteiger charge is 2.43. The van der Waals surface area contributed by atoms with Gasteiger partial charge in [0.15, 0.2) is 0 Å². The van der Waals surface area contributed by atoms with Crippen molar-refractivity contribution in [2.45, 2.75) is 18.7 Å². The molecule has 0 amide bonds. The lowest BCUT2D eigenvalue weighted by atomic mass is 9.96. The Kier molecular flexibility index (Phi) is 4.64. The first kappa shape index (κ1) is 18.4. The molecule has 29 heavy (non-hydrogen) atoms. The molecule has 0 spiro atoms. The van der Waals surface area contributed by atoms with E-state index in [1.54, 1.807) is 17.1 Å². The molecule has 5 rings (SSSR count). The first-order valence-corrected chi connectivity index (χ1v) is 10.4. The summed E-state index contributed by atoms with van der Waals surface area (Å²) in [7, 11) is 0. The summed E-state index contributed by atoms with van der Waals surface area (Å²) in [6.45, 7) is 0. The first-order chi connectivity index (χ1) is 14.1. The SMILES string of the molecule is O=C(c1ccccc1)[C@H]1Oc2ccc(Br)cc2[C@H]2CC(c3ccc(Cl)cc3)=NN12. The number of Topliss-reactive ketones (excluding diaryl/α,β-unsaturated/α-hetero) is 1. The third-order valence-electron chi connectivity index (χ3n) is 5.21. The van der Waals surface area contributed by atoms with Crippen molar-refractivity contribution in [3.63, 3.8) is 0 Å². The van der Waals surface area contributed by atoms with E-state index in [1.165, 1.54) is 0 Å². The molecule has 0 fully saturated rings. The van der Waals surface area contributed by atoms with Gasteiger partial charge in [0.25, 0.3) is 6.23 Å². The Bertz CT molecular complexity index is 1120. The fourth-order valence-corrected chi connectivity index (χ4v) is 4.30. The van der Waals surface area contributed by atoms with E-state index in [0.29, 0.717) is 17.0 Å². The molecule has 0 aromatic heterocycles. The van der Waals surface area contributed by atoms with E-state index in [0.717, 1.165) is 27.1 Å². The largest absolute Gasteiger partial charge is 0.461 e. The molecule has 2 aliphatic heterocycles. The van der Waals surface area contributed by atoms with Crippen molar-refractivity contribution in [3.8, 4) is 5.75 Å². The van der Waals surface area contributed by atoms with Gasteiger partial charge in [0, 0.05) is 27.0 Å². The number of halogens is 2. The predicted molar refractivity (Wildman–Crippen MR) is 117 cm³/mol. The molecule has 2 heterocycles. The highest BCUT2D eigenvalue weighted by atomic mass is 79.9. The Labute approximate surface area is 181 Å². The molecule has 2 atom stereocenters. The summed E-state index contributed by atoms with van der Waals surface area (Å²) in [6, 6.07) is 22.6. The average molecular weight is 468 g/mol. The molecule has 0 aliphatic carbocycles. The number of benzene rings is 3. The van der Waals surface area contributed by atoms with Crippen molar-refractivity contribution in [3.05, 3.63) is 99.0 Å². The molecule has 144 valence electrons. The van der Waals surface area contributed by atoms with Crippen molar-refractivity contribution in [1.82, 2.24) is 5.01 Å². The maximum atomic E-state index is 13.2. The van der Waals surface area contributed by atoms with Crippen LogP contribution in [0.4, 0.5) is 0 Å². The number of nitrogens with zero attached hydrogens (tertiary/aromatic N) is 2. The van der Waals surface area contributed by atoms with E-state index >= 15 is 0 Å². The van der Waals surface area contributed by atoms with Crippen molar-refractivity contribution < 1.29 is 9.53 Å². The number of fused-ring (bicyclic) bond motifs is 3. The van der Waals surface area contributed by atoms with Crippen LogP contribution in [0.1, 0.15) is 33.9 Å². The summed E-state index contributed by atoms with van der Waals surface area (Å²) in [6.07, 6.45) is -0.117. The van der Waals surface area contributed by atoms with Crippen molar-refractivity contribution in [2.24, 2.45) is 5.10 Å². The van der Waals surface area contributed by atoms with Gasteiger partial charge in [0.05, 0.1) is 11.8 Å². The average Bonchev–Trinajstić information content (AvgIpc) is 3.20. The second-order valence-electron chi connectivity index (χ2n) is 7.04. The zero-order valence-corrected chi connectivity index (χ0v) is 17.6. The molecule has 3 aromatic rings. The van der Waals surface area contributed by atoms with Crippen LogP contribution in [-0.4, -0.2) is 22.7 Å². The zero-order chi connectivity index (χ0) is 20.0. The highest BCUT2D eigenvalue weighted by Crippen LogP contribution is 2.44. The normalized spacial score (nSPS) is 19.8. The van der Waals surface area contributed by atoms with Crippen LogP contribution < -0.4 is 4.74 Å². The minimum absolute atomic E-state index is 0.0698. The fraction of sp³-hybridized carbons (Fsp3) is 0.130. The van der Waals surface area contributed by atoms with E-state index in [1.807, 2.05) is 60.7 Å². The van der Waals surface area contributed by atoms with Crippen LogP contribution in [0.5, 0.6) is 5.75 Å². The maximum Gasteiger partial charge on any atom is 0.251 e. The van der Waals surface area contributed by atoms with Crippen molar-refractivity contribution in [1.29, 1.82) is 0 Å². The van der Waals surface area contributed by atoms with Gasteiger partial charge in [0.1, 0.15) is 5.75 Å². The van der Waals surface area contributed by atoms with E-state index in [-0.39, 0.29) is 11.8 Å². The number of carbonyl (C=O) groups excluding carboxylic acids is 1. The third kappa shape index (κ3) is 3.34. The summed E-state index contributed by atoms with van der Waals surface area (Å²) in [5.74, 6) is 0.613. The third-order valence-corrected chi connectivity index (χ3v) is 5.96. The first-order valence-electron chi connectivity index (χ1n) is 9.27. The molecule has 4 nitrogen and oxygen atoms in total. The van der Waals surface area contributed by atoms with Crippen LogP contribution in [-0.2, 0) is 0 Å². The van der Waals surface area contributed by atoms with Crippen molar-refractivity contribution >= 4 is 39.0 Å². The number of hydrazone groups is 1. The quantitative estimate of drug-likeness (QED) is 0.453. The molecule has 2 aliphatic rings. The molecule has 0 radical (unpaired) electrons. The number of ketones is 1. The standard InChI is InChI=1S/C23H16BrClN2O2/c24-16-8-11-21-18(12-16)20-13-19(14-6-9-17(25)10-7-14)26-27(20)23(29-21)22(28)15-4-2-1-3-5-15/h1-12,20,23H,13H2/t20-,23-/m1/s1. The van der Waals surface area contributed by atoms with Crippen molar-refractivity contribution in [2.75, 3.05) is 0 Å². The highest BCUT2D eigenvalue weighted by molar-refractivity contribution is 9.10. The summed E-state index contributed by atoms with van der Waals surface area (Å²) in [5.41, 5.74) is 3.52. The minimum atomic E-state index is -0.805. The lowest BCUT2D eigenvalue weighted by molar-refractivity contribution is -0.00459. The van der Waals surface area contributed by atoms with Gasteiger partial charge < -0.3 is 4.74 Å². The summed E-state index contributed by atoms with van der Waals surface area (Å²) >= 11 is 9.58. The number of hydrogen-bond acceptors (Lipinski definition) is 4. The molecule has 0 N–H and O–H groups in total. The molecule has 0 bridgehead atoms. The second kappa shape index (κ2) is 7.32. The lowest BCUT2D eigenvalue weighted by Crippen LogP contribution is -2.45. The van der Waals surface area contributed by atoms with Crippen LogP contribution in [0, 0.1) is 0 Å². The molecule has 0 unspecified atom stereocenters. The van der Waals surface area contributed by atoms with E-state index in [4.69, 9.17) is 21.4 Å². The van der Waals surface area contributed by atoms with Gasteiger partial charge in [-0.3, -0.25) is 4.79 Å². The van der Waals surface area contributed by atoms with E-state index in [2.05, 4.69) is 15.9 Å². The Balaban J connectivity index is 1.58. The fourth-order valence-electron chi connectivity index (χ4n) is 3.79. The van der Waals surface area contributed by atoms with Gasteiger partial charge in [-0.15, -0.1) is 0 Å². The lowest BCUT2D eigenvalue weighted by Gasteiger charge is -2.37. The molecular weight excluding hydrogens is 452 g/mol. The number of hydrogen-bond donors (Lipinski definition) is 0. The Morgan fingerprint density at radius 2 is 1.83 bits per heavy atom. The Morgan fingerprint density at radius 1 is 1.07 bits per heavy atom. The molecule has 0 saturated carbocycles.